The first-order valence-electron chi connectivity index (χ1n) is 10.3. The summed E-state index contributed by atoms with van der Waals surface area (Å²) in [4.78, 5) is 36.9. The van der Waals surface area contributed by atoms with Crippen LogP contribution in [0.4, 0.5) is 0 Å². The maximum Gasteiger partial charge on any atom is 0.336 e. The average molecular weight is 428 g/mol. The molecule has 2 atom stereocenters. The largest absolute Gasteiger partial charge is 0.481 e. The first kappa shape index (κ1) is 22.6. The van der Waals surface area contributed by atoms with Crippen LogP contribution in [0.2, 0.25) is 0 Å². The Balaban J connectivity index is 2.07. The molecule has 0 N–H and O–H groups in total. The molecule has 0 saturated heterocycles. The second kappa shape index (κ2) is 8.57. The van der Waals surface area contributed by atoms with Gasteiger partial charge in [0.15, 0.2) is 12.2 Å². The van der Waals surface area contributed by atoms with Gasteiger partial charge >= 0.3 is 17.6 Å². The van der Waals surface area contributed by atoms with Crippen molar-refractivity contribution in [3.63, 3.8) is 0 Å². The third-order valence-corrected chi connectivity index (χ3v) is 5.23. The standard InChI is InChI=1S/C24H28O7/c1-7-14(4)23(27)30-21-19-16(10-8-15-9-11-17(25)29-20(15)19)28-22(21)24(5,6)31-18(26)12-13(2)3/h7-11,13,21-22H,12H2,1-6H3. The number of fused-ring (bicyclic) bond motifs is 3. The van der Waals surface area contributed by atoms with E-state index in [4.69, 9.17) is 18.6 Å². The molecule has 0 amide bonds. The number of esters is 2. The SMILES string of the molecule is CC=C(C)C(=O)OC1c2c(ccc3ccc(=O)oc23)OC1C(C)(C)OC(=O)CC(C)C. The summed E-state index contributed by atoms with van der Waals surface area (Å²) in [7, 11) is 0. The molecule has 2 heterocycles. The Labute approximate surface area is 181 Å². The second-order valence-corrected chi connectivity index (χ2v) is 8.66. The summed E-state index contributed by atoms with van der Waals surface area (Å²) in [5, 5.41) is 0.668. The van der Waals surface area contributed by atoms with Gasteiger partial charge in [0.1, 0.15) is 16.9 Å². The molecule has 0 spiro atoms. The third-order valence-electron chi connectivity index (χ3n) is 5.23. The van der Waals surface area contributed by atoms with E-state index in [1.807, 2.05) is 13.8 Å². The fourth-order valence-corrected chi connectivity index (χ4v) is 3.54. The molecular formula is C24H28O7. The molecule has 0 fully saturated rings. The summed E-state index contributed by atoms with van der Waals surface area (Å²) in [6, 6.07) is 6.45. The van der Waals surface area contributed by atoms with E-state index in [1.165, 1.54) is 6.07 Å². The Kier molecular flexibility index (Phi) is 6.25. The topological polar surface area (TPSA) is 92.0 Å². The van der Waals surface area contributed by atoms with E-state index in [0.29, 0.717) is 22.3 Å². The van der Waals surface area contributed by atoms with Gasteiger partial charge in [-0.15, -0.1) is 0 Å². The predicted octanol–water partition coefficient (Wildman–Crippen LogP) is 4.47. The molecule has 7 heteroatoms. The molecule has 1 aromatic heterocycles. The molecule has 0 bridgehead atoms. The van der Waals surface area contributed by atoms with Crippen LogP contribution in [0.25, 0.3) is 11.0 Å². The van der Waals surface area contributed by atoms with Crippen molar-refractivity contribution in [2.45, 2.75) is 65.8 Å². The van der Waals surface area contributed by atoms with Gasteiger partial charge in [-0.2, -0.15) is 0 Å². The third kappa shape index (κ3) is 4.65. The maximum atomic E-state index is 12.6. The van der Waals surface area contributed by atoms with Gasteiger partial charge in [0.05, 0.1) is 5.56 Å². The van der Waals surface area contributed by atoms with Crippen LogP contribution in [0.5, 0.6) is 5.75 Å². The highest BCUT2D eigenvalue weighted by Gasteiger charge is 2.50. The summed E-state index contributed by atoms with van der Waals surface area (Å²) in [5.74, 6) is -0.357. The Morgan fingerprint density at radius 1 is 1.19 bits per heavy atom. The van der Waals surface area contributed by atoms with E-state index in [-0.39, 0.29) is 23.9 Å². The molecule has 1 aliphatic heterocycles. The molecule has 31 heavy (non-hydrogen) atoms. The second-order valence-electron chi connectivity index (χ2n) is 8.66. The molecular weight excluding hydrogens is 400 g/mol. The maximum absolute atomic E-state index is 12.6. The lowest BCUT2D eigenvalue weighted by atomic mass is 9.93. The van der Waals surface area contributed by atoms with E-state index in [0.717, 1.165) is 0 Å². The number of hydrogen-bond acceptors (Lipinski definition) is 7. The van der Waals surface area contributed by atoms with Crippen LogP contribution in [-0.2, 0) is 19.1 Å². The van der Waals surface area contributed by atoms with Crippen molar-refractivity contribution >= 4 is 22.9 Å². The van der Waals surface area contributed by atoms with Crippen LogP contribution in [0.3, 0.4) is 0 Å². The number of carbonyl (C=O) groups excluding carboxylic acids is 2. The molecule has 2 unspecified atom stereocenters. The van der Waals surface area contributed by atoms with Gasteiger partial charge in [-0.25, -0.2) is 9.59 Å². The van der Waals surface area contributed by atoms with Crippen LogP contribution in [-0.4, -0.2) is 23.6 Å². The lowest BCUT2D eigenvalue weighted by molar-refractivity contribution is -0.176. The molecule has 0 aliphatic carbocycles. The number of benzene rings is 1. The zero-order valence-corrected chi connectivity index (χ0v) is 18.7. The molecule has 0 radical (unpaired) electrons. The number of allylic oxidation sites excluding steroid dienone is 1. The molecule has 2 aromatic rings. The van der Waals surface area contributed by atoms with Crippen LogP contribution < -0.4 is 10.4 Å². The summed E-state index contributed by atoms with van der Waals surface area (Å²) < 4.78 is 23.1. The Morgan fingerprint density at radius 3 is 2.52 bits per heavy atom. The van der Waals surface area contributed by atoms with Crippen LogP contribution >= 0.6 is 0 Å². The van der Waals surface area contributed by atoms with Crippen molar-refractivity contribution in [2.75, 3.05) is 0 Å². The Morgan fingerprint density at radius 2 is 1.87 bits per heavy atom. The number of rotatable bonds is 6. The van der Waals surface area contributed by atoms with Gasteiger partial charge in [0.2, 0.25) is 0 Å². The minimum atomic E-state index is -1.12. The van der Waals surface area contributed by atoms with Crippen molar-refractivity contribution in [3.8, 4) is 5.75 Å². The monoisotopic (exact) mass is 428 g/mol. The Hall–Kier alpha value is -3.09. The lowest BCUT2D eigenvalue weighted by Crippen LogP contribution is -2.46. The summed E-state index contributed by atoms with van der Waals surface area (Å²) >= 11 is 0. The van der Waals surface area contributed by atoms with E-state index in [2.05, 4.69) is 0 Å². The quantitative estimate of drug-likeness (QED) is 0.381. The predicted molar refractivity (Wildman–Crippen MR) is 115 cm³/mol. The fourth-order valence-electron chi connectivity index (χ4n) is 3.54. The van der Waals surface area contributed by atoms with E-state index in [9.17, 15) is 14.4 Å². The van der Waals surface area contributed by atoms with Crippen LogP contribution in [0, 0.1) is 5.92 Å². The van der Waals surface area contributed by atoms with Gasteiger partial charge in [-0.1, -0.05) is 19.9 Å². The molecule has 1 aromatic carbocycles. The summed E-state index contributed by atoms with van der Waals surface area (Å²) in [6.07, 6.45) is 0.130. The molecule has 3 rings (SSSR count). The van der Waals surface area contributed by atoms with Crippen molar-refractivity contribution in [1.82, 2.24) is 0 Å². The number of carbonyl (C=O) groups is 2. The van der Waals surface area contributed by atoms with Gasteiger partial charge in [-0.05, 0) is 51.8 Å². The number of hydrogen-bond donors (Lipinski definition) is 0. The lowest BCUT2D eigenvalue weighted by Gasteiger charge is -2.34. The zero-order chi connectivity index (χ0) is 22.9. The normalized spacial score (nSPS) is 18.6. The number of ether oxygens (including phenoxy) is 3. The van der Waals surface area contributed by atoms with Crippen molar-refractivity contribution < 1.29 is 28.2 Å². The highest BCUT2D eigenvalue weighted by molar-refractivity contribution is 5.89. The van der Waals surface area contributed by atoms with Crippen molar-refractivity contribution in [3.05, 3.63) is 51.9 Å². The molecule has 7 nitrogen and oxygen atoms in total. The summed E-state index contributed by atoms with van der Waals surface area (Å²) in [5.41, 5.74) is -0.496. The van der Waals surface area contributed by atoms with Crippen LogP contribution in [0.15, 0.2) is 45.1 Å². The van der Waals surface area contributed by atoms with Crippen LogP contribution in [0.1, 0.15) is 59.6 Å². The van der Waals surface area contributed by atoms with Gasteiger partial charge < -0.3 is 18.6 Å². The highest BCUT2D eigenvalue weighted by Crippen LogP contribution is 2.47. The smallest absolute Gasteiger partial charge is 0.336 e. The van der Waals surface area contributed by atoms with E-state index >= 15 is 0 Å². The first-order chi connectivity index (χ1) is 14.5. The first-order valence-corrected chi connectivity index (χ1v) is 10.3. The molecule has 0 saturated carbocycles. The summed E-state index contributed by atoms with van der Waals surface area (Å²) in [6.45, 7) is 10.7. The van der Waals surface area contributed by atoms with E-state index in [1.54, 1.807) is 52.0 Å². The van der Waals surface area contributed by atoms with Crippen molar-refractivity contribution in [1.29, 1.82) is 0 Å². The van der Waals surface area contributed by atoms with Gasteiger partial charge in [0.25, 0.3) is 0 Å². The van der Waals surface area contributed by atoms with E-state index < -0.39 is 29.4 Å². The van der Waals surface area contributed by atoms with Crippen molar-refractivity contribution in [2.24, 2.45) is 5.92 Å². The average Bonchev–Trinajstić information content (AvgIpc) is 3.05. The zero-order valence-electron chi connectivity index (χ0n) is 18.7. The minimum Gasteiger partial charge on any atom is -0.481 e. The van der Waals surface area contributed by atoms with Gasteiger partial charge in [-0.3, -0.25) is 4.79 Å². The highest BCUT2D eigenvalue weighted by atomic mass is 16.6. The Bertz CT molecular complexity index is 1090. The molecule has 1 aliphatic rings. The van der Waals surface area contributed by atoms with Gasteiger partial charge in [0, 0.05) is 23.4 Å². The molecule has 166 valence electrons. The fraction of sp³-hybridized carbons (Fsp3) is 0.458. The minimum absolute atomic E-state index is 0.133.